The highest BCUT2D eigenvalue weighted by atomic mass is 15.1. The van der Waals surface area contributed by atoms with Crippen molar-refractivity contribution in [3.8, 4) is 50.7 Å². The number of rotatable bonds is 5. The maximum Gasteiger partial charge on any atom is 0.145 e. The van der Waals surface area contributed by atoms with Gasteiger partial charge < -0.3 is 0 Å². The van der Waals surface area contributed by atoms with E-state index in [0.29, 0.717) is 0 Å². The first-order valence-corrected chi connectivity index (χ1v) is 26.7. The Morgan fingerprint density at radius 2 is 0.756 bits per heavy atom. The van der Waals surface area contributed by atoms with Gasteiger partial charge in [0.15, 0.2) is 0 Å². The Labute approximate surface area is 450 Å². The van der Waals surface area contributed by atoms with Crippen LogP contribution in [0.4, 0.5) is 0 Å². The second kappa shape index (κ2) is 18.5. The van der Waals surface area contributed by atoms with Crippen LogP contribution in [-0.4, -0.2) is 19.5 Å². The highest BCUT2D eigenvalue weighted by Crippen LogP contribution is 2.42. The zero-order chi connectivity index (χ0) is 51.7. The van der Waals surface area contributed by atoms with Crippen LogP contribution in [0.5, 0.6) is 0 Å². The molecule has 0 aliphatic carbocycles. The quantitative estimate of drug-likeness (QED) is 0.161. The number of benzene rings is 13. The minimum absolute atomic E-state index is 0.922. The molecule has 4 heteroatoms. The molecule has 0 unspecified atom stereocenters. The molecule has 0 spiro atoms. The minimum Gasteiger partial charge on any atom is -0.292 e. The molecule has 78 heavy (non-hydrogen) atoms. The van der Waals surface area contributed by atoms with Gasteiger partial charge in [0.25, 0.3) is 0 Å². The van der Waals surface area contributed by atoms with Crippen molar-refractivity contribution in [3.63, 3.8) is 0 Å². The number of aryl methyl sites for hydroxylation is 1. The first-order chi connectivity index (χ1) is 38.6. The SMILES string of the molecule is Cc1cccc2c1nc(-c1ccc3ccccc3c1)c1ccc3ccccc3c12.c1ccc(-n2c(-c3ccc(-c4cccc5c4nc(-c4ccc6ccccc6c4)c4ccc6ccccc6c45)cc3)nc3ccccc32)cc1. The molecule has 0 bridgehead atoms. The van der Waals surface area contributed by atoms with Crippen LogP contribution in [0.15, 0.2) is 273 Å². The van der Waals surface area contributed by atoms with E-state index in [1.165, 1.54) is 70.2 Å². The molecule has 3 aromatic heterocycles. The van der Waals surface area contributed by atoms with Crippen molar-refractivity contribution in [2.45, 2.75) is 6.92 Å². The summed E-state index contributed by atoms with van der Waals surface area (Å²) in [5.41, 5.74) is 14.1. The van der Waals surface area contributed by atoms with Crippen LogP contribution in [0.2, 0.25) is 0 Å². The summed E-state index contributed by atoms with van der Waals surface area (Å²) in [4.78, 5) is 15.8. The molecule has 0 aliphatic rings. The molecule has 0 N–H and O–H groups in total. The van der Waals surface area contributed by atoms with Crippen LogP contribution in [0.25, 0.3) is 148 Å². The third-order valence-electron chi connectivity index (χ3n) is 15.7. The summed E-state index contributed by atoms with van der Waals surface area (Å²) in [5.74, 6) is 0.922. The molecule has 0 saturated heterocycles. The van der Waals surface area contributed by atoms with Crippen LogP contribution in [0.3, 0.4) is 0 Å². The fourth-order valence-electron chi connectivity index (χ4n) is 11.9. The number of hydrogen-bond acceptors (Lipinski definition) is 3. The number of imidazole rings is 1. The smallest absolute Gasteiger partial charge is 0.145 e. The van der Waals surface area contributed by atoms with E-state index in [9.17, 15) is 0 Å². The van der Waals surface area contributed by atoms with E-state index in [0.717, 1.165) is 83.6 Å². The van der Waals surface area contributed by atoms with Gasteiger partial charge in [-0.3, -0.25) is 4.57 Å². The highest BCUT2D eigenvalue weighted by Gasteiger charge is 2.19. The summed E-state index contributed by atoms with van der Waals surface area (Å²) < 4.78 is 2.25. The van der Waals surface area contributed by atoms with Gasteiger partial charge in [-0.05, 0) is 97.5 Å². The molecular formula is C74H48N4. The lowest BCUT2D eigenvalue weighted by Gasteiger charge is -2.16. The molecule has 13 aromatic carbocycles. The van der Waals surface area contributed by atoms with Crippen molar-refractivity contribution < 1.29 is 0 Å². The number of fused-ring (bicyclic) bond motifs is 13. The van der Waals surface area contributed by atoms with E-state index in [4.69, 9.17) is 15.0 Å². The molecule has 0 amide bonds. The lowest BCUT2D eigenvalue weighted by molar-refractivity contribution is 1.10. The number of hydrogen-bond donors (Lipinski definition) is 0. The van der Waals surface area contributed by atoms with E-state index in [-0.39, 0.29) is 0 Å². The Balaban J connectivity index is 0.000000155. The second-order valence-corrected chi connectivity index (χ2v) is 20.3. The summed E-state index contributed by atoms with van der Waals surface area (Å²) in [5, 5.41) is 17.2. The molecule has 0 saturated carbocycles. The van der Waals surface area contributed by atoms with E-state index in [1.807, 2.05) is 12.1 Å². The van der Waals surface area contributed by atoms with Gasteiger partial charge in [0.1, 0.15) is 5.82 Å². The van der Waals surface area contributed by atoms with Crippen LogP contribution in [0.1, 0.15) is 5.56 Å². The van der Waals surface area contributed by atoms with Crippen LogP contribution < -0.4 is 0 Å². The van der Waals surface area contributed by atoms with Crippen molar-refractivity contribution in [1.82, 2.24) is 19.5 Å². The van der Waals surface area contributed by atoms with E-state index >= 15 is 0 Å². The lowest BCUT2D eigenvalue weighted by atomic mass is 9.92. The van der Waals surface area contributed by atoms with Crippen LogP contribution in [0, 0.1) is 6.92 Å². The number of aromatic nitrogens is 4. The Kier molecular flexibility index (Phi) is 10.7. The van der Waals surface area contributed by atoms with Gasteiger partial charge in [0, 0.05) is 60.3 Å². The Bertz CT molecular complexity index is 5040. The van der Waals surface area contributed by atoms with Gasteiger partial charge in [-0.25, -0.2) is 15.0 Å². The van der Waals surface area contributed by atoms with Crippen molar-refractivity contribution in [1.29, 1.82) is 0 Å². The van der Waals surface area contributed by atoms with Gasteiger partial charge in [0.2, 0.25) is 0 Å². The first-order valence-electron chi connectivity index (χ1n) is 26.7. The molecule has 16 aromatic rings. The average molecular weight is 993 g/mol. The highest BCUT2D eigenvalue weighted by molar-refractivity contribution is 6.25. The fourth-order valence-corrected chi connectivity index (χ4v) is 11.9. The lowest BCUT2D eigenvalue weighted by Crippen LogP contribution is -1.97. The Morgan fingerprint density at radius 3 is 1.38 bits per heavy atom. The summed E-state index contributed by atoms with van der Waals surface area (Å²) in [7, 11) is 0. The summed E-state index contributed by atoms with van der Waals surface area (Å²) in [6, 6.07) is 97.3. The predicted octanol–water partition coefficient (Wildman–Crippen LogP) is 19.7. The zero-order valence-electron chi connectivity index (χ0n) is 42.8. The average Bonchev–Trinajstić information content (AvgIpc) is 4.04. The Morgan fingerprint density at radius 1 is 0.295 bits per heavy atom. The topological polar surface area (TPSA) is 43.6 Å². The van der Waals surface area contributed by atoms with Crippen molar-refractivity contribution in [2.75, 3.05) is 0 Å². The Hall–Kier alpha value is -10.3. The zero-order valence-corrected chi connectivity index (χ0v) is 42.8. The van der Waals surface area contributed by atoms with Crippen LogP contribution in [-0.2, 0) is 0 Å². The first kappa shape index (κ1) is 45.1. The maximum atomic E-state index is 5.51. The summed E-state index contributed by atoms with van der Waals surface area (Å²) in [6.45, 7) is 2.15. The molecule has 364 valence electrons. The standard InChI is InChI=1S/C46H29N3.C28H19N/c1-2-14-36(15-3-1)49-42-20-9-8-19-41(42)47-46(49)33-24-22-32(23-25-33)38-17-10-18-39-43-37-16-7-6-12-31(37)27-28-40(43)44(48-45(38)39)35-26-21-30-11-4-5-13-34(30)29-35;1-18-7-6-12-24-26-23-11-5-4-9-20(23)15-16-25(26)28(29-27(18)24)22-14-13-19-8-2-3-10-21(19)17-22/h1-29H;2-17H,1H3. The molecule has 0 fully saturated rings. The van der Waals surface area contributed by atoms with Crippen molar-refractivity contribution in [2.24, 2.45) is 0 Å². The minimum atomic E-state index is 0.922. The van der Waals surface area contributed by atoms with Gasteiger partial charge in [-0.2, -0.15) is 0 Å². The number of nitrogens with zero attached hydrogens (tertiary/aromatic N) is 4. The normalized spacial score (nSPS) is 11.7. The van der Waals surface area contributed by atoms with Gasteiger partial charge in [0.05, 0.1) is 33.5 Å². The predicted molar refractivity (Wildman–Crippen MR) is 330 cm³/mol. The van der Waals surface area contributed by atoms with E-state index < -0.39 is 0 Å². The number of pyridine rings is 2. The monoisotopic (exact) mass is 992 g/mol. The largest absolute Gasteiger partial charge is 0.292 e. The fraction of sp³-hybridized carbons (Fsp3) is 0.0135. The summed E-state index contributed by atoms with van der Waals surface area (Å²) in [6.07, 6.45) is 0. The van der Waals surface area contributed by atoms with Crippen LogP contribution >= 0.6 is 0 Å². The third kappa shape index (κ3) is 7.57. The van der Waals surface area contributed by atoms with Crippen molar-refractivity contribution >= 4 is 97.5 Å². The second-order valence-electron chi connectivity index (χ2n) is 20.3. The molecule has 0 radical (unpaired) electrons. The number of para-hydroxylation sites is 5. The molecule has 16 rings (SSSR count). The van der Waals surface area contributed by atoms with Gasteiger partial charge >= 0.3 is 0 Å². The molecule has 0 aliphatic heterocycles. The van der Waals surface area contributed by atoms with E-state index in [1.54, 1.807) is 0 Å². The summed E-state index contributed by atoms with van der Waals surface area (Å²) >= 11 is 0. The molecule has 0 atom stereocenters. The molecular weight excluding hydrogens is 945 g/mol. The maximum absolute atomic E-state index is 5.51. The molecule has 3 heterocycles. The van der Waals surface area contributed by atoms with Gasteiger partial charge in [-0.1, -0.05) is 237 Å². The third-order valence-corrected chi connectivity index (χ3v) is 15.7. The van der Waals surface area contributed by atoms with Crippen molar-refractivity contribution in [3.05, 3.63) is 279 Å². The molecule has 4 nitrogen and oxygen atoms in total. The van der Waals surface area contributed by atoms with E-state index in [2.05, 4.69) is 272 Å². The van der Waals surface area contributed by atoms with Gasteiger partial charge in [-0.15, -0.1) is 0 Å².